The van der Waals surface area contributed by atoms with Crippen LogP contribution in [-0.4, -0.2) is 22.9 Å². The molecule has 1 fully saturated rings. The van der Waals surface area contributed by atoms with Crippen LogP contribution >= 0.6 is 0 Å². The van der Waals surface area contributed by atoms with Gasteiger partial charge in [-0.3, -0.25) is 4.68 Å². The van der Waals surface area contributed by atoms with E-state index in [1.807, 2.05) is 0 Å². The number of aryl methyl sites for hydroxylation is 2. The fourth-order valence-electron chi connectivity index (χ4n) is 3.49. The summed E-state index contributed by atoms with van der Waals surface area (Å²) in [7, 11) is 2.10. The number of aromatic nitrogens is 2. The summed E-state index contributed by atoms with van der Waals surface area (Å²) in [5, 5.41) is 8.23. The van der Waals surface area contributed by atoms with E-state index >= 15 is 0 Å². The Morgan fingerprint density at radius 1 is 1.25 bits per heavy atom. The molecule has 0 bridgehead atoms. The lowest BCUT2D eigenvalue weighted by atomic mass is 9.77. The van der Waals surface area contributed by atoms with E-state index in [0.717, 1.165) is 24.8 Å². The first kappa shape index (κ1) is 15.6. The molecule has 0 saturated heterocycles. The minimum atomic E-state index is 0.841. The molecule has 0 aromatic carbocycles. The number of hydrogen-bond donors (Lipinski definition) is 1. The SMILES string of the molecule is CCCNCC1CCCCC1Cc1cc(CC)nn1C. The predicted molar refractivity (Wildman–Crippen MR) is 84.9 cm³/mol. The van der Waals surface area contributed by atoms with E-state index in [0.29, 0.717) is 0 Å². The zero-order valence-electron chi connectivity index (χ0n) is 13.5. The van der Waals surface area contributed by atoms with Crippen LogP contribution in [0.15, 0.2) is 6.07 Å². The van der Waals surface area contributed by atoms with E-state index in [1.54, 1.807) is 0 Å². The molecule has 1 N–H and O–H groups in total. The van der Waals surface area contributed by atoms with E-state index < -0.39 is 0 Å². The normalized spacial score (nSPS) is 23.1. The molecule has 2 atom stereocenters. The molecular formula is C17H31N3. The van der Waals surface area contributed by atoms with Gasteiger partial charge in [0.15, 0.2) is 0 Å². The van der Waals surface area contributed by atoms with Gasteiger partial charge in [0.2, 0.25) is 0 Å². The molecule has 1 aromatic rings. The molecule has 0 radical (unpaired) electrons. The largest absolute Gasteiger partial charge is 0.316 e. The van der Waals surface area contributed by atoms with Gasteiger partial charge in [0.05, 0.1) is 5.69 Å². The van der Waals surface area contributed by atoms with Crippen molar-refractivity contribution < 1.29 is 0 Å². The van der Waals surface area contributed by atoms with E-state index in [2.05, 4.69) is 42.1 Å². The first-order valence-electron chi connectivity index (χ1n) is 8.47. The molecule has 1 saturated carbocycles. The van der Waals surface area contributed by atoms with Crippen LogP contribution < -0.4 is 5.32 Å². The molecule has 1 aliphatic rings. The van der Waals surface area contributed by atoms with Gasteiger partial charge in [0.1, 0.15) is 0 Å². The summed E-state index contributed by atoms with van der Waals surface area (Å²) < 4.78 is 2.10. The highest BCUT2D eigenvalue weighted by atomic mass is 15.3. The number of nitrogens with zero attached hydrogens (tertiary/aromatic N) is 2. The molecule has 2 rings (SSSR count). The average Bonchev–Trinajstić information content (AvgIpc) is 2.81. The van der Waals surface area contributed by atoms with Crippen LogP contribution in [0.4, 0.5) is 0 Å². The summed E-state index contributed by atoms with van der Waals surface area (Å²) in [6.45, 7) is 6.80. The van der Waals surface area contributed by atoms with Gasteiger partial charge in [-0.2, -0.15) is 5.10 Å². The van der Waals surface area contributed by atoms with Gasteiger partial charge < -0.3 is 5.32 Å². The molecular weight excluding hydrogens is 246 g/mol. The third-order valence-corrected chi connectivity index (χ3v) is 4.76. The van der Waals surface area contributed by atoms with E-state index in [4.69, 9.17) is 0 Å². The molecule has 1 heterocycles. The molecule has 3 nitrogen and oxygen atoms in total. The van der Waals surface area contributed by atoms with E-state index in [9.17, 15) is 0 Å². The van der Waals surface area contributed by atoms with Crippen LogP contribution in [0.25, 0.3) is 0 Å². The Bertz CT molecular complexity index is 397. The summed E-state index contributed by atoms with van der Waals surface area (Å²) in [4.78, 5) is 0. The Kier molecular flexibility index (Phi) is 6.08. The molecule has 3 heteroatoms. The Morgan fingerprint density at radius 2 is 2.00 bits per heavy atom. The summed E-state index contributed by atoms with van der Waals surface area (Å²) in [5.74, 6) is 1.70. The second kappa shape index (κ2) is 7.82. The zero-order valence-corrected chi connectivity index (χ0v) is 13.5. The third-order valence-electron chi connectivity index (χ3n) is 4.76. The quantitative estimate of drug-likeness (QED) is 0.775. The number of nitrogens with one attached hydrogen (secondary N) is 1. The van der Waals surface area contributed by atoms with Crippen molar-refractivity contribution in [2.24, 2.45) is 18.9 Å². The maximum atomic E-state index is 4.60. The van der Waals surface area contributed by atoms with E-state index in [-0.39, 0.29) is 0 Å². The Morgan fingerprint density at radius 3 is 2.65 bits per heavy atom. The van der Waals surface area contributed by atoms with Gasteiger partial charge >= 0.3 is 0 Å². The van der Waals surface area contributed by atoms with Crippen molar-refractivity contribution in [3.63, 3.8) is 0 Å². The van der Waals surface area contributed by atoms with Gasteiger partial charge in [0, 0.05) is 12.7 Å². The smallest absolute Gasteiger partial charge is 0.0624 e. The highest BCUT2D eigenvalue weighted by Crippen LogP contribution is 2.32. The first-order chi connectivity index (χ1) is 9.74. The average molecular weight is 277 g/mol. The Balaban J connectivity index is 1.95. The van der Waals surface area contributed by atoms with Crippen LogP contribution in [-0.2, 0) is 19.9 Å². The van der Waals surface area contributed by atoms with Crippen molar-refractivity contribution >= 4 is 0 Å². The predicted octanol–water partition coefficient (Wildman–Crippen LogP) is 3.33. The molecule has 2 unspecified atom stereocenters. The highest BCUT2D eigenvalue weighted by Gasteiger charge is 2.25. The molecule has 1 aromatic heterocycles. The van der Waals surface area contributed by atoms with Gasteiger partial charge in [-0.05, 0) is 63.1 Å². The zero-order chi connectivity index (χ0) is 14.4. The van der Waals surface area contributed by atoms with Crippen LogP contribution in [0.5, 0.6) is 0 Å². The lowest BCUT2D eigenvalue weighted by Crippen LogP contribution is -2.32. The van der Waals surface area contributed by atoms with Crippen LogP contribution in [0, 0.1) is 11.8 Å². The standard InChI is InChI=1S/C17H31N3/c1-4-10-18-13-15-9-7-6-8-14(15)11-17-12-16(5-2)19-20(17)3/h12,14-15,18H,4-11,13H2,1-3H3. The molecule has 0 spiro atoms. The lowest BCUT2D eigenvalue weighted by Gasteiger charge is -2.32. The van der Waals surface area contributed by atoms with Crippen molar-refractivity contribution in [2.75, 3.05) is 13.1 Å². The Labute approximate surface area is 124 Å². The van der Waals surface area contributed by atoms with Crippen molar-refractivity contribution in [2.45, 2.75) is 58.8 Å². The number of rotatable bonds is 7. The highest BCUT2D eigenvalue weighted by molar-refractivity contribution is 5.11. The molecule has 20 heavy (non-hydrogen) atoms. The van der Waals surface area contributed by atoms with Gasteiger partial charge in [0.25, 0.3) is 0 Å². The van der Waals surface area contributed by atoms with Gasteiger partial charge in [-0.1, -0.05) is 26.7 Å². The minimum absolute atomic E-state index is 0.841. The minimum Gasteiger partial charge on any atom is -0.316 e. The maximum absolute atomic E-state index is 4.60. The van der Waals surface area contributed by atoms with Crippen molar-refractivity contribution in [1.29, 1.82) is 0 Å². The molecule has 0 aliphatic heterocycles. The van der Waals surface area contributed by atoms with Crippen molar-refractivity contribution in [3.8, 4) is 0 Å². The third kappa shape index (κ3) is 4.08. The summed E-state index contributed by atoms with van der Waals surface area (Å²) in [5.41, 5.74) is 2.66. The van der Waals surface area contributed by atoms with Gasteiger partial charge in [-0.15, -0.1) is 0 Å². The molecule has 0 amide bonds. The second-order valence-electron chi connectivity index (χ2n) is 6.32. The van der Waals surface area contributed by atoms with Crippen molar-refractivity contribution in [1.82, 2.24) is 15.1 Å². The molecule has 114 valence electrons. The first-order valence-corrected chi connectivity index (χ1v) is 8.47. The molecule has 1 aliphatic carbocycles. The maximum Gasteiger partial charge on any atom is 0.0624 e. The topological polar surface area (TPSA) is 29.9 Å². The van der Waals surface area contributed by atoms with Crippen molar-refractivity contribution in [3.05, 3.63) is 17.5 Å². The van der Waals surface area contributed by atoms with Crippen LogP contribution in [0.1, 0.15) is 57.3 Å². The van der Waals surface area contributed by atoms with Crippen LogP contribution in [0.3, 0.4) is 0 Å². The fourth-order valence-corrected chi connectivity index (χ4v) is 3.49. The van der Waals surface area contributed by atoms with E-state index in [1.165, 1.54) is 56.5 Å². The number of hydrogen-bond acceptors (Lipinski definition) is 2. The monoisotopic (exact) mass is 277 g/mol. The van der Waals surface area contributed by atoms with Crippen LogP contribution in [0.2, 0.25) is 0 Å². The summed E-state index contributed by atoms with van der Waals surface area (Å²) >= 11 is 0. The van der Waals surface area contributed by atoms with Gasteiger partial charge in [-0.25, -0.2) is 0 Å². The second-order valence-corrected chi connectivity index (χ2v) is 6.32. The Hall–Kier alpha value is -0.830. The summed E-state index contributed by atoms with van der Waals surface area (Å²) in [6.07, 6.45) is 9.11. The fraction of sp³-hybridized carbons (Fsp3) is 0.824. The summed E-state index contributed by atoms with van der Waals surface area (Å²) in [6, 6.07) is 2.31. The lowest BCUT2D eigenvalue weighted by molar-refractivity contribution is 0.226.